The maximum absolute atomic E-state index is 12.0. The van der Waals surface area contributed by atoms with Gasteiger partial charge in [-0.2, -0.15) is 0 Å². The Balaban J connectivity index is 2.55. The van der Waals surface area contributed by atoms with Gasteiger partial charge in [0.25, 0.3) is 5.91 Å². The van der Waals surface area contributed by atoms with E-state index in [1.165, 1.54) is 4.90 Å². The van der Waals surface area contributed by atoms with Crippen molar-refractivity contribution in [2.75, 3.05) is 26.2 Å². The molecule has 0 saturated carbocycles. The first-order chi connectivity index (χ1) is 9.19. The Morgan fingerprint density at radius 1 is 1.45 bits per heavy atom. The SMILES string of the molecule is CCN(CCN1C(=O)NC(C)(C)C1=O)CC(C)C(=O)O. The van der Waals surface area contributed by atoms with Gasteiger partial charge in [0, 0.05) is 19.6 Å². The minimum Gasteiger partial charge on any atom is -0.481 e. The fraction of sp³-hybridized carbons (Fsp3) is 0.769. The number of likely N-dealkylation sites (N-methyl/N-ethyl adjacent to an activating group) is 1. The van der Waals surface area contributed by atoms with E-state index in [-0.39, 0.29) is 18.5 Å². The third-order valence-electron chi connectivity index (χ3n) is 3.49. The van der Waals surface area contributed by atoms with Crippen molar-refractivity contribution < 1.29 is 19.5 Å². The predicted molar refractivity (Wildman–Crippen MR) is 73.2 cm³/mol. The minimum atomic E-state index is -0.859. The Hall–Kier alpha value is -1.63. The van der Waals surface area contributed by atoms with Gasteiger partial charge in [-0.3, -0.25) is 14.5 Å². The lowest BCUT2D eigenvalue weighted by Gasteiger charge is -2.24. The molecule has 1 heterocycles. The number of amides is 3. The van der Waals surface area contributed by atoms with Crippen LogP contribution in [0.4, 0.5) is 4.79 Å². The molecule has 0 radical (unpaired) electrons. The van der Waals surface area contributed by atoms with Crippen LogP contribution in [-0.2, 0) is 9.59 Å². The molecule has 0 bridgehead atoms. The highest BCUT2D eigenvalue weighted by molar-refractivity contribution is 6.06. The van der Waals surface area contributed by atoms with Gasteiger partial charge in [-0.05, 0) is 20.4 Å². The lowest BCUT2D eigenvalue weighted by atomic mass is 10.1. The molecule has 0 aromatic heterocycles. The van der Waals surface area contributed by atoms with Gasteiger partial charge in [0.05, 0.1) is 5.92 Å². The molecule has 0 aromatic rings. The van der Waals surface area contributed by atoms with Crippen LogP contribution in [0.25, 0.3) is 0 Å². The molecule has 114 valence electrons. The Bertz CT molecular complexity index is 408. The molecule has 7 nitrogen and oxygen atoms in total. The number of carboxylic acids is 1. The number of hydrogen-bond acceptors (Lipinski definition) is 4. The molecular formula is C13H23N3O4. The summed E-state index contributed by atoms with van der Waals surface area (Å²) in [5, 5.41) is 11.5. The highest BCUT2D eigenvalue weighted by Crippen LogP contribution is 2.16. The van der Waals surface area contributed by atoms with E-state index in [4.69, 9.17) is 5.11 Å². The molecule has 0 spiro atoms. The molecular weight excluding hydrogens is 262 g/mol. The summed E-state index contributed by atoms with van der Waals surface area (Å²) >= 11 is 0. The number of carboxylic acid groups (broad SMARTS) is 1. The zero-order valence-electron chi connectivity index (χ0n) is 12.5. The molecule has 1 rings (SSSR count). The number of hydrogen-bond donors (Lipinski definition) is 2. The van der Waals surface area contributed by atoms with E-state index in [0.717, 1.165) is 0 Å². The van der Waals surface area contributed by atoms with E-state index >= 15 is 0 Å². The van der Waals surface area contributed by atoms with Crippen molar-refractivity contribution in [1.82, 2.24) is 15.1 Å². The molecule has 3 amide bonds. The Labute approximate surface area is 118 Å². The van der Waals surface area contributed by atoms with Crippen LogP contribution in [0, 0.1) is 5.92 Å². The summed E-state index contributed by atoms with van der Waals surface area (Å²) in [6.45, 7) is 8.71. The standard InChI is InChI=1S/C13H23N3O4/c1-5-15(8-9(2)10(17)18)6-7-16-11(19)13(3,4)14-12(16)20/h9H,5-8H2,1-4H3,(H,14,20)(H,17,18). The molecule has 0 aliphatic carbocycles. The van der Waals surface area contributed by atoms with Crippen molar-refractivity contribution in [3.8, 4) is 0 Å². The Morgan fingerprint density at radius 3 is 2.45 bits per heavy atom. The summed E-state index contributed by atoms with van der Waals surface area (Å²) in [6, 6.07) is -0.387. The number of carbonyl (C=O) groups excluding carboxylic acids is 2. The maximum atomic E-state index is 12.0. The van der Waals surface area contributed by atoms with Crippen molar-refractivity contribution in [3.05, 3.63) is 0 Å². The third-order valence-corrected chi connectivity index (χ3v) is 3.49. The van der Waals surface area contributed by atoms with Crippen LogP contribution in [0.3, 0.4) is 0 Å². The quantitative estimate of drug-likeness (QED) is 0.659. The molecule has 0 aromatic carbocycles. The van der Waals surface area contributed by atoms with Gasteiger partial charge >= 0.3 is 12.0 Å². The second-order valence-electron chi connectivity index (χ2n) is 5.64. The van der Waals surface area contributed by atoms with Gasteiger partial charge in [0.2, 0.25) is 0 Å². The predicted octanol–water partition coefficient (Wildman–Crippen LogP) is 0.359. The van der Waals surface area contributed by atoms with Crippen molar-refractivity contribution >= 4 is 17.9 Å². The third kappa shape index (κ3) is 3.69. The van der Waals surface area contributed by atoms with Crippen molar-refractivity contribution in [3.63, 3.8) is 0 Å². The first-order valence-corrected chi connectivity index (χ1v) is 6.78. The smallest absolute Gasteiger partial charge is 0.325 e. The van der Waals surface area contributed by atoms with E-state index in [1.54, 1.807) is 20.8 Å². The highest BCUT2D eigenvalue weighted by Gasteiger charge is 2.43. The number of aliphatic carboxylic acids is 1. The van der Waals surface area contributed by atoms with Gasteiger partial charge in [-0.1, -0.05) is 13.8 Å². The molecule has 1 aliphatic rings. The molecule has 1 unspecified atom stereocenters. The number of nitrogens with one attached hydrogen (secondary N) is 1. The van der Waals surface area contributed by atoms with E-state index in [1.807, 2.05) is 11.8 Å². The fourth-order valence-corrected chi connectivity index (χ4v) is 2.11. The molecule has 1 saturated heterocycles. The molecule has 1 atom stereocenters. The average Bonchev–Trinajstić information content (AvgIpc) is 2.54. The molecule has 2 N–H and O–H groups in total. The van der Waals surface area contributed by atoms with Crippen LogP contribution in [0.1, 0.15) is 27.7 Å². The fourth-order valence-electron chi connectivity index (χ4n) is 2.11. The first kappa shape index (κ1) is 16.4. The number of nitrogens with zero attached hydrogens (tertiary/aromatic N) is 2. The van der Waals surface area contributed by atoms with Gasteiger partial charge in [-0.25, -0.2) is 4.79 Å². The second kappa shape index (κ2) is 6.21. The van der Waals surface area contributed by atoms with Crippen LogP contribution >= 0.6 is 0 Å². The van der Waals surface area contributed by atoms with Crippen LogP contribution in [0.15, 0.2) is 0 Å². The minimum absolute atomic E-state index is 0.246. The number of imide groups is 1. The topological polar surface area (TPSA) is 90.0 Å². The lowest BCUT2D eigenvalue weighted by Crippen LogP contribution is -2.42. The zero-order valence-corrected chi connectivity index (χ0v) is 12.5. The molecule has 1 aliphatic heterocycles. The van der Waals surface area contributed by atoms with E-state index in [9.17, 15) is 14.4 Å². The maximum Gasteiger partial charge on any atom is 0.325 e. The summed E-state index contributed by atoms with van der Waals surface area (Å²) in [6.07, 6.45) is 0. The van der Waals surface area contributed by atoms with Gasteiger partial charge in [0.15, 0.2) is 0 Å². The summed E-state index contributed by atoms with van der Waals surface area (Å²) in [5.41, 5.74) is -0.859. The van der Waals surface area contributed by atoms with Crippen molar-refractivity contribution in [1.29, 1.82) is 0 Å². The summed E-state index contributed by atoms with van der Waals surface area (Å²) < 4.78 is 0. The van der Waals surface area contributed by atoms with E-state index in [0.29, 0.717) is 19.6 Å². The van der Waals surface area contributed by atoms with Crippen LogP contribution in [-0.4, -0.2) is 64.5 Å². The zero-order chi connectivity index (χ0) is 15.5. The number of rotatable bonds is 7. The molecule has 1 fully saturated rings. The van der Waals surface area contributed by atoms with Crippen LogP contribution in [0.5, 0.6) is 0 Å². The summed E-state index contributed by atoms with van der Waals surface area (Å²) in [7, 11) is 0. The first-order valence-electron chi connectivity index (χ1n) is 6.78. The average molecular weight is 285 g/mol. The van der Waals surface area contributed by atoms with Crippen LogP contribution < -0.4 is 5.32 Å². The number of urea groups is 1. The monoisotopic (exact) mass is 285 g/mol. The van der Waals surface area contributed by atoms with Gasteiger partial charge in [0.1, 0.15) is 5.54 Å². The van der Waals surface area contributed by atoms with Crippen molar-refractivity contribution in [2.45, 2.75) is 33.2 Å². The lowest BCUT2D eigenvalue weighted by molar-refractivity contribution is -0.141. The Morgan fingerprint density at radius 2 is 2.05 bits per heavy atom. The summed E-state index contributed by atoms with van der Waals surface area (Å²) in [4.78, 5) is 37.7. The van der Waals surface area contributed by atoms with E-state index < -0.39 is 17.4 Å². The van der Waals surface area contributed by atoms with Gasteiger partial charge < -0.3 is 15.3 Å². The summed E-state index contributed by atoms with van der Waals surface area (Å²) in [5.74, 6) is -1.57. The van der Waals surface area contributed by atoms with Crippen molar-refractivity contribution in [2.24, 2.45) is 5.92 Å². The largest absolute Gasteiger partial charge is 0.481 e. The van der Waals surface area contributed by atoms with Gasteiger partial charge in [-0.15, -0.1) is 0 Å². The second-order valence-corrected chi connectivity index (χ2v) is 5.64. The molecule has 7 heteroatoms. The number of carbonyl (C=O) groups is 3. The van der Waals surface area contributed by atoms with Crippen LogP contribution in [0.2, 0.25) is 0 Å². The normalized spacial score (nSPS) is 19.4. The molecule has 20 heavy (non-hydrogen) atoms. The Kier molecular flexibility index (Phi) is 5.10. The van der Waals surface area contributed by atoms with E-state index in [2.05, 4.69) is 5.32 Å². The highest BCUT2D eigenvalue weighted by atomic mass is 16.4.